The lowest BCUT2D eigenvalue weighted by molar-refractivity contribution is -0.119. The van der Waals surface area contributed by atoms with Crippen molar-refractivity contribution in [3.05, 3.63) is 33.7 Å². The van der Waals surface area contributed by atoms with Crippen LogP contribution in [-0.4, -0.2) is 52.4 Å². The van der Waals surface area contributed by atoms with Crippen molar-refractivity contribution in [1.29, 1.82) is 0 Å². The van der Waals surface area contributed by atoms with Crippen molar-refractivity contribution >= 4 is 34.2 Å². The number of benzene rings is 1. The predicted octanol–water partition coefficient (Wildman–Crippen LogP) is 3.87. The molecule has 1 atom stereocenters. The Bertz CT molecular complexity index is 1050. The Hall–Kier alpha value is -3.27. The van der Waals surface area contributed by atoms with Crippen molar-refractivity contribution in [2.75, 3.05) is 39.9 Å². The highest BCUT2D eigenvalue weighted by Crippen LogP contribution is 2.40. The van der Waals surface area contributed by atoms with E-state index >= 15 is 0 Å². The predicted molar refractivity (Wildman–Crippen MR) is 126 cm³/mol. The molecule has 1 aliphatic rings. The molecule has 0 bridgehead atoms. The average Bonchev–Trinajstić information content (AvgIpc) is 3.18. The maximum Gasteiger partial charge on any atom is 0.341 e. The summed E-state index contributed by atoms with van der Waals surface area (Å²) in [5, 5.41) is 3.15. The molecule has 3 rings (SSSR count). The number of rotatable bonds is 9. The van der Waals surface area contributed by atoms with E-state index in [0.717, 1.165) is 29.7 Å². The number of methoxy groups -OCH3 is 3. The van der Waals surface area contributed by atoms with Gasteiger partial charge in [0.1, 0.15) is 5.00 Å². The minimum Gasteiger partial charge on any atom is -0.493 e. The number of anilines is 1. The van der Waals surface area contributed by atoms with Crippen LogP contribution < -0.4 is 19.5 Å². The van der Waals surface area contributed by atoms with Gasteiger partial charge in [-0.3, -0.25) is 4.79 Å². The van der Waals surface area contributed by atoms with Gasteiger partial charge in [-0.1, -0.05) is 6.92 Å². The summed E-state index contributed by atoms with van der Waals surface area (Å²) in [4.78, 5) is 38.8. The van der Waals surface area contributed by atoms with E-state index in [0.29, 0.717) is 22.2 Å². The molecule has 1 N–H and O–H groups in total. The molecular weight excluding hydrogens is 462 g/mol. The summed E-state index contributed by atoms with van der Waals surface area (Å²) < 4.78 is 26.1. The van der Waals surface area contributed by atoms with Gasteiger partial charge in [-0.2, -0.15) is 0 Å². The summed E-state index contributed by atoms with van der Waals surface area (Å²) in [5.74, 6) is -0.339. The van der Waals surface area contributed by atoms with Crippen LogP contribution in [-0.2, 0) is 27.1 Å². The highest BCUT2D eigenvalue weighted by molar-refractivity contribution is 7.17. The lowest BCUT2D eigenvalue weighted by Crippen LogP contribution is -2.22. The molecule has 184 valence electrons. The molecule has 0 unspecified atom stereocenters. The van der Waals surface area contributed by atoms with Crippen LogP contribution in [0.4, 0.5) is 5.00 Å². The van der Waals surface area contributed by atoms with Crippen molar-refractivity contribution in [2.45, 2.75) is 33.1 Å². The second-order valence-corrected chi connectivity index (χ2v) is 8.92. The first-order chi connectivity index (χ1) is 16.3. The van der Waals surface area contributed by atoms with Crippen LogP contribution in [0.25, 0.3) is 0 Å². The molecule has 0 radical (unpaired) electrons. The van der Waals surface area contributed by atoms with Crippen LogP contribution in [0.1, 0.15) is 51.4 Å². The van der Waals surface area contributed by atoms with Crippen molar-refractivity contribution in [3.63, 3.8) is 0 Å². The lowest BCUT2D eigenvalue weighted by atomic mass is 9.88. The zero-order valence-electron chi connectivity index (χ0n) is 19.9. The second-order valence-electron chi connectivity index (χ2n) is 7.81. The van der Waals surface area contributed by atoms with E-state index in [2.05, 4.69) is 12.2 Å². The summed E-state index contributed by atoms with van der Waals surface area (Å²) in [6, 6.07) is 2.88. The molecule has 2 aromatic rings. The van der Waals surface area contributed by atoms with E-state index in [1.54, 1.807) is 6.92 Å². The maximum absolute atomic E-state index is 12.6. The largest absolute Gasteiger partial charge is 0.493 e. The fraction of sp³-hybridized carbons (Fsp3) is 0.458. The maximum atomic E-state index is 12.6. The monoisotopic (exact) mass is 491 g/mol. The fourth-order valence-electron chi connectivity index (χ4n) is 3.83. The Morgan fingerprint density at radius 2 is 1.71 bits per heavy atom. The van der Waals surface area contributed by atoms with E-state index in [9.17, 15) is 14.4 Å². The van der Waals surface area contributed by atoms with Crippen molar-refractivity contribution < 1.29 is 38.1 Å². The van der Waals surface area contributed by atoms with E-state index in [4.69, 9.17) is 23.7 Å². The fourth-order valence-corrected chi connectivity index (χ4v) is 5.25. The highest BCUT2D eigenvalue weighted by Gasteiger charge is 2.29. The minimum absolute atomic E-state index is 0.134. The first-order valence-corrected chi connectivity index (χ1v) is 11.7. The molecule has 0 aliphatic heterocycles. The van der Waals surface area contributed by atoms with Gasteiger partial charge in [0.25, 0.3) is 5.91 Å². The standard InChI is InChI=1S/C24H29NO8S/c1-6-32-24(28)20-15-8-7-13(2)9-18(15)34-22(20)25-19(26)12-33-23(27)14-10-16(29-3)21(31-5)17(11-14)30-4/h10-11,13H,6-9,12H2,1-5H3,(H,25,26)/t13-/m1/s1. The van der Waals surface area contributed by atoms with Crippen LogP contribution in [0.5, 0.6) is 17.2 Å². The average molecular weight is 492 g/mol. The smallest absolute Gasteiger partial charge is 0.341 e. The zero-order valence-corrected chi connectivity index (χ0v) is 20.8. The zero-order chi connectivity index (χ0) is 24.8. The molecule has 0 saturated heterocycles. The molecule has 0 fully saturated rings. The molecule has 1 amide bonds. The van der Waals surface area contributed by atoms with Crippen LogP contribution in [0.2, 0.25) is 0 Å². The van der Waals surface area contributed by atoms with Crippen LogP contribution in [0.15, 0.2) is 12.1 Å². The molecule has 1 aromatic heterocycles. The number of thiophene rings is 1. The van der Waals surface area contributed by atoms with Gasteiger partial charge >= 0.3 is 11.9 Å². The van der Waals surface area contributed by atoms with E-state index in [-0.39, 0.29) is 23.7 Å². The van der Waals surface area contributed by atoms with Crippen LogP contribution >= 0.6 is 11.3 Å². The van der Waals surface area contributed by atoms with E-state index in [1.807, 2.05) is 0 Å². The van der Waals surface area contributed by atoms with Gasteiger partial charge < -0.3 is 29.0 Å². The third kappa shape index (κ3) is 5.44. The van der Waals surface area contributed by atoms with E-state index in [1.165, 1.54) is 44.8 Å². The number of carbonyl (C=O) groups excluding carboxylic acids is 3. The first-order valence-electron chi connectivity index (χ1n) is 10.9. The van der Waals surface area contributed by atoms with E-state index < -0.39 is 24.5 Å². The van der Waals surface area contributed by atoms with Crippen molar-refractivity contribution in [3.8, 4) is 17.2 Å². The van der Waals surface area contributed by atoms with Gasteiger partial charge in [0.15, 0.2) is 18.1 Å². The van der Waals surface area contributed by atoms with Gasteiger partial charge in [-0.05, 0) is 49.8 Å². The molecule has 10 heteroatoms. The Morgan fingerprint density at radius 1 is 1.03 bits per heavy atom. The van der Waals surface area contributed by atoms with Crippen LogP contribution in [0.3, 0.4) is 0 Å². The molecular formula is C24H29NO8S. The van der Waals surface area contributed by atoms with Gasteiger partial charge in [0.05, 0.1) is 39.1 Å². The molecule has 0 spiro atoms. The topological polar surface area (TPSA) is 109 Å². The Kier molecular flexibility index (Phi) is 8.38. The van der Waals surface area contributed by atoms with Crippen molar-refractivity contribution in [1.82, 2.24) is 0 Å². The molecule has 34 heavy (non-hydrogen) atoms. The number of hydrogen-bond acceptors (Lipinski definition) is 9. The molecule has 1 aliphatic carbocycles. The summed E-state index contributed by atoms with van der Waals surface area (Å²) in [7, 11) is 4.32. The molecule has 1 aromatic carbocycles. The summed E-state index contributed by atoms with van der Waals surface area (Å²) in [6.07, 6.45) is 2.57. The SMILES string of the molecule is CCOC(=O)c1c(NC(=O)COC(=O)c2cc(OC)c(OC)c(OC)c2)sc2c1CC[C@@H](C)C2. The number of ether oxygens (including phenoxy) is 5. The minimum atomic E-state index is -0.737. The normalized spacial score (nSPS) is 14.6. The van der Waals surface area contributed by atoms with Gasteiger partial charge in [0.2, 0.25) is 5.75 Å². The Labute approximate surface area is 202 Å². The summed E-state index contributed by atoms with van der Waals surface area (Å²) in [5.41, 5.74) is 1.47. The number of nitrogens with one attached hydrogen (secondary N) is 1. The second kappa shape index (κ2) is 11.2. The third-order valence-corrected chi connectivity index (χ3v) is 6.65. The third-order valence-electron chi connectivity index (χ3n) is 5.48. The quantitative estimate of drug-likeness (QED) is 0.527. The molecule has 0 saturated carbocycles. The number of hydrogen-bond donors (Lipinski definition) is 1. The number of esters is 2. The molecule has 1 heterocycles. The lowest BCUT2D eigenvalue weighted by Gasteiger charge is -2.18. The number of amides is 1. The van der Waals surface area contributed by atoms with Gasteiger partial charge in [-0.25, -0.2) is 9.59 Å². The molecule has 9 nitrogen and oxygen atoms in total. The van der Waals surface area contributed by atoms with Crippen molar-refractivity contribution in [2.24, 2.45) is 5.92 Å². The highest BCUT2D eigenvalue weighted by atomic mass is 32.1. The van der Waals surface area contributed by atoms with Crippen LogP contribution in [0, 0.1) is 5.92 Å². The van der Waals surface area contributed by atoms with Gasteiger partial charge in [-0.15, -0.1) is 11.3 Å². The summed E-state index contributed by atoms with van der Waals surface area (Å²) in [6.45, 7) is 3.60. The Morgan fingerprint density at radius 3 is 2.29 bits per heavy atom. The number of fused-ring (bicyclic) bond motifs is 1. The number of carbonyl (C=O) groups is 3. The first kappa shape index (κ1) is 25.4. The Balaban J connectivity index is 1.73. The summed E-state index contributed by atoms with van der Waals surface area (Å²) >= 11 is 1.37. The van der Waals surface area contributed by atoms with Gasteiger partial charge in [0, 0.05) is 4.88 Å².